The van der Waals surface area contributed by atoms with Crippen molar-refractivity contribution in [1.82, 2.24) is 15.1 Å². The largest absolute Gasteiger partial charge is 0.360 e. The highest BCUT2D eigenvalue weighted by molar-refractivity contribution is 6.33. The van der Waals surface area contributed by atoms with E-state index < -0.39 is 0 Å². The Hall–Kier alpha value is -2.60. The number of hydrogen-bond donors (Lipinski definition) is 2. The van der Waals surface area contributed by atoms with Crippen molar-refractivity contribution < 1.29 is 4.52 Å². The summed E-state index contributed by atoms with van der Waals surface area (Å²) in [7, 11) is 0. The first-order valence-electron chi connectivity index (χ1n) is 7.50. The normalized spacial score (nSPS) is 10.7. The molecule has 0 bridgehead atoms. The van der Waals surface area contributed by atoms with Crippen LogP contribution in [-0.4, -0.2) is 15.1 Å². The molecule has 0 saturated carbocycles. The molecular weight excluding hydrogens is 326 g/mol. The Kier molecular flexibility index (Phi) is 4.40. The summed E-state index contributed by atoms with van der Waals surface area (Å²) in [6.07, 6.45) is 0. The minimum Gasteiger partial charge on any atom is -0.360 e. The molecule has 6 nitrogen and oxygen atoms in total. The Morgan fingerprint density at radius 2 is 1.71 bits per heavy atom. The average Bonchev–Trinajstić information content (AvgIpc) is 2.87. The van der Waals surface area contributed by atoms with E-state index in [2.05, 4.69) is 31.8 Å². The number of nitrogens with zero attached hydrogens (tertiary/aromatic N) is 3. The summed E-state index contributed by atoms with van der Waals surface area (Å²) in [5.41, 5.74) is 3.76. The standard InChI is InChI=1S/C17H18ClN5O/c1-9-5-10(2)16(13(18)6-9)22-17-19-11(3)7-14(21-17)20-15-8-12(4)24-23-15/h5-8H,1-4H3,(H2,19,20,21,22,23). The second-order valence-electron chi connectivity index (χ2n) is 5.73. The Morgan fingerprint density at radius 3 is 2.38 bits per heavy atom. The van der Waals surface area contributed by atoms with E-state index in [1.54, 1.807) is 6.07 Å². The van der Waals surface area contributed by atoms with Gasteiger partial charge in [-0.3, -0.25) is 0 Å². The van der Waals surface area contributed by atoms with Crippen LogP contribution in [0.2, 0.25) is 5.02 Å². The molecule has 0 spiro atoms. The Balaban J connectivity index is 1.89. The van der Waals surface area contributed by atoms with Crippen LogP contribution >= 0.6 is 11.6 Å². The van der Waals surface area contributed by atoms with Crippen LogP contribution in [0.5, 0.6) is 0 Å². The second kappa shape index (κ2) is 6.49. The van der Waals surface area contributed by atoms with E-state index in [1.165, 1.54) is 0 Å². The molecule has 0 aliphatic heterocycles. The fourth-order valence-electron chi connectivity index (χ4n) is 2.43. The van der Waals surface area contributed by atoms with Crippen molar-refractivity contribution in [3.05, 3.63) is 51.9 Å². The first kappa shape index (κ1) is 16.3. The number of anilines is 4. The van der Waals surface area contributed by atoms with Gasteiger partial charge in [0.25, 0.3) is 0 Å². The van der Waals surface area contributed by atoms with Gasteiger partial charge in [-0.1, -0.05) is 22.8 Å². The van der Waals surface area contributed by atoms with Gasteiger partial charge in [0.2, 0.25) is 5.95 Å². The lowest BCUT2D eigenvalue weighted by molar-refractivity contribution is 0.400. The molecule has 3 aromatic rings. The zero-order valence-corrected chi connectivity index (χ0v) is 14.7. The third kappa shape index (κ3) is 3.65. The van der Waals surface area contributed by atoms with E-state index in [4.69, 9.17) is 16.1 Å². The number of aromatic nitrogens is 3. The summed E-state index contributed by atoms with van der Waals surface area (Å²) in [5.74, 6) is 2.41. The summed E-state index contributed by atoms with van der Waals surface area (Å²) < 4.78 is 5.05. The van der Waals surface area contributed by atoms with Crippen LogP contribution in [0.1, 0.15) is 22.6 Å². The van der Waals surface area contributed by atoms with E-state index >= 15 is 0 Å². The summed E-state index contributed by atoms with van der Waals surface area (Å²) in [6.45, 7) is 7.73. The van der Waals surface area contributed by atoms with Crippen molar-refractivity contribution in [2.75, 3.05) is 10.6 Å². The van der Waals surface area contributed by atoms with Gasteiger partial charge >= 0.3 is 0 Å². The monoisotopic (exact) mass is 343 g/mol. The van der Waals surface area contributed by atoms with Crippen LogP contribution in [0.4, 0.5) is 23.3 Å². The van der Waals surface area contributed by atoms with Crippen molar-refractivity contribution in [3.8, 4) is 0 Å². The molecule has 3 rings (SSSR count). The molecule has 0 aliphatic rings. The zero-order chi connectivity index (χ0) is 17.3. The van der Waals surface area contributed by atoms with Crippen molar-refractivity contribution in [3.63, 3.8) is 0 Å². The molecule has 0 atom stereocenters. The molecule has 7 heteroatoms. The number of benzene rings is 1. The Morgan fingerprint density at radius 1 is 0.917 bits per heavy atom. The minimum atomic E-state index is 0.464. The van der Waals surface area contributed by atoms with Crippen LogP contribution < -0.4 is 10.6 Å². The predicted molar refractivity (Wildman–Crippen MR) is 95.5 cm³/mol. The van der Waals surface area contributed by atoms with Crippen LogP contribution in [0.25, 0.3) is 0 Å². The maximum Gasteiger partial charge on any atom is 0.229 e. The fraction of sp³-hybridized carbons (Fsp3) is 0.235. The Labute approximate surface area is 145 Å². The maximum atomic E-state index is 6.34. The number of hydrogen-bond acceptors (Lipinski definition) is 6. The highest BCUT2D eigenvalue weighted by atomic mass is 35.5. The quantitative estimate of drug-likeness (QED) is 0.706. The molecule has 1 aromatic carbocycles. The van der Waals surface area contributed by atoms with Crippen LogP contribution in [0.15, 0.2) is 28.8 Å². The number of nitrogens with one attached hydrogen (secondary N) is 2. The van der Waals surface area contributed by atoms with Crippen LogP contribution in [0.3, 0.4) is 0 Å². The van der Waals surface area contributed by atoms with E-state index in [9.17, 15) is 0 Å². The van der Waals surface area contributed by atoms with Crippen LogP contribution in [0, 0.1) is 27.7 Å². The van der Waals surface area contributed by atoms with Gasteiger partial charge in [-0.25, -0.2) is 4.98 Å². The van der Waals surface area contributed by atoms with Gasteiger partial charge in [-0.05, 0) is 44.9 Å². The van der Waals surface area contributed by atoms with Gasteiger partial charge < -0.3 is 15.2 Å². The number of aryl methyl sites for hydroxylation is 4. The molecule has 0 aliphatic carbocycles. The lowest BCUT2D eigenvalue weighted by atomic mass is 10.1. The first-order valence-corrected chi connectivity index (χ1v) is 7.88. The fourth-order valence-corrected chi connectivity index (χ4v) is 2.80. The lowest BCUT2D eigenvalue weighted by Crippen LogP contribution is -2.04. The summed E-state index contributed by atoms with van der Waals surface area (Å²) in [5, 5.41) is 10.8. The SMILES string of the molecule is Cc1cc(C)c(Nc2nc(C)cc(Nc3cc(C)on3)n2)c(Cl)c1. The summed E-state index contributed by atoms with van der Waals surface area (Å²) in [6, 6.07) is 7.59. The van der Waals surface area contributed by atoms with Gasteiger partial charge in [-0.2, -0.15) is 4.98 Å². The third-order valence-electron chi connectivity index (χ3n) is 3.41. The smallest absolute Gasteiger partial charge is 0.229 e. The molecule has 0 unspecified atom stereocenters. The molecule has 0 fully saturated rings. The highest BCUT2D eigenvalue weighted by Gasteiger charge is 2.10. The first-order chi connectivity index (χ1) is 11.4. The molecule has 0 amide bonds. The number of halogens is 1. The molecular formula is C17H18ClN5O. The molecule has 124 valence electrons. The molecule has 0 saturated heterocycles. The molecule has 2 aromatic heterocycles. The van der Waals surface area contributed by atoms with Gasteiger partial charge in [0, 0.05) is 17.8 Å². The lowest BCUT2D eigenvalue weighted by Gasteiger charge is -2.13. The predicted octanol–water partition coefficient (Wildman–Crippen LogP) is 4.84. The van der Waals surface area contributed by atoms with E-state index in [0.29, 0.717) is 22.6 Å². The third-order valence-corrected chi connectivity index (χ3v) is 3.70. The van der Waals surface area contributed by atoms with Crippen molar-refractivity contribution in [2.45, 2.75) is 27.7 Å². The van der Waals surface area contributed by atoms with E-state index in [0.717, 1.165) is 28.3 Å². The maximum absolute atomic E-state index is 6.34. The van der Waals surface area contributed by atoms with Gasteiger partial charge in [0.1, 0.15) is 11.6 Å². The van der Waals surface area contributed by atoms with Gasteiger partial charge in [0.15, 0.2) is 5.82 Å². The topological polar surface area (TPSA) is 75.9 Å². The molecule has 24 heavy (non-hydrogen) atoms. The van der Waals surface area contributed by atoms with E-state index in [1.807, 2.05) is 39.8 Å². The zero-order valence-electron chi connectivity index (χ0n) is 13.9. The van der Waals surface area contributed by atoms with Crippen molar-refractivity contribution >= 4 is 34.9 Å². The van der Waals surface area contributed by atoms with Crippen molar-refractivity contribution in [1.29, 1.82) is 0 Å². The second-order valence-corrected chi connectivity index (χ2v) is 6.14. The van der Waals surface area contributed by atoms with Crippen molar-refractivity contribution in [2.24, 2.45) is 0 Å². The minimum absolute atomic E-state index is 0.464. The summed E-state index contributed by atoms with van der Waals surface area (Å²) >= 11 is 6.34. The van der Waals surface area contributed by atoms with Crippen LogP contribution in [-0.2, 0) is 0 Å². The molecule has 2 N–H and O–H groups in total. The number of rotatable bonds is 4. The summed E-state index contributed by atoms with van der Waals surface area (Å²) in [4.78, 5) is 8.88. The van der Waals surface area contributed by atoms with Gasteiger partial charge in [-0.15, -0.1) is 0 Å². The Bertz CT molecular complexity index is 867. The molecule has 2 heterocycles. The van der Waals surface area contributed by atoms with E-state index in [-0.39, 0.29) is 0 Å². The highest BCUT2D eigenvalue weighted by Crippen LogP contribution is 2.29. The van der Waals surface area contributed by atoms with Gasteiger partial charge in [0.05, 0.1) is 10.7 Å². The average molecular weight is 344 g/mol. The molecule has 0 radical (unpaired) electrons.